The number of carbonyl (C=O) groups excluding carboxylic acids is 1. The molecule has 2 heterocycles. The summed E-state index contributed by atoms with van der Waals surface area (Å²) < 4.78 is 5.87. The van der Waals surface area contributed by atoms with Crippen molar-refractivity contribution >= 4 is 17.7 Å². The SMILES string of the molecule is CCSC1CCCCN(C(=O)C2CN(C)CC(C)O2)C1. The standard InChI is InChI=1S/C15H28N2O2S/c1-4-20-13-7-5-6-8-17(10-13)15(18)14-11-16(3)9-12(2)19-14/h12-14H,4-11H2,1-3H3. The fraction of sp³-hybridized carbons (Fsp3) is 0.933. The maximum absolute atomic E-state index is 12.7. The van der Waals surface area contributed by atoms with Crippen LogP contribution in [-0.2, 0) is 9.53 Å². The predicted molar refractivity (Wildman–Crippen MR) is 84.2 cm³/mol. The first-order valence-corrected chi connectivity index (χ1v) is 8.89. The van der Waals surface area contributed by atoms with E-state index in [-0.39, 0.29) is 18.1 Å². The van der Waals surface area contributed by atoms with Gasteiger partial charge in [0.05, 0.1) is 6.10 Å². The number of rotatable bonds is 3. The quantitative estimate of drug-likeness (QED) is 0.796. The summed E-state index contributed by atoms with van der Waals surface area (Å²) >= 11 is 1.99. The van der Waals surface area contributed by atoms with Gasteiger partial charge < -0.3 is 14.5 Å². The van der Waals surface area contributed by atoms with Crippen molar-refractivity contribution in [2.75, 3.05) is 39.0 Å². The van der Waals surface area contributed by atoms with E-state index >= 15 is 0 Å². The van der Waals surface area contributed by atoms with Crippen LogP contribution in [0.5, 0.6) is 0 Å². The van der Waals surface area contributed by atoms with Gasteiger partial charge in [0.1, 0.15) is 6.10 Å². The van der Waals surface area contributed by atoms with Crippen LogP contribution >= 0.6 is 11.8 Å². The Hall–Kier alpha value is -0.260. The number of carbonyl (C=O) groups is 1. The molecule has 2 saturated heterocycles. The maximum Gasteiger partial charge on any atom is 0.253 e. The zero-order valence-corrected chi connectivity index (χ0v) is 13.8. The first-order valence-electron chi connectivity index (χ1n) is 7.84. The summed E-state index contributed by atoms with van der Waals surface area (Å²) in [7, 11) is 2.07. The third-order valence-corrected chi connectivity index (χ3v) is 5.25. The highest BCUT2D eigenvalue weighted by Gasteiger charge is 2.33. The molecular formula is C15H28N2O2S. The molecule has 3 atom stereocenters. The normalized spacial score (nSPS) is 33.0. The molecule has 2 aliphatic heterocycles. The zero-order valence-electron chi connectivity index (χ0n) is 13.0. The van der Waals surface area contributed by atoms with Crippen molar-refractivity contribution in [2.45, 2.75) is 50.6 Å². The van der Waals surface area contributed by atoms with Crippen molar-refractivity contribution in [2.24, 2.45) is 0 Å². The summed E-state index contributed by atoms with van der Waals surface area (Å²) in [5.74, 6) is 1.33. The van der Waals surface area contributed by atoms with Gasteiger partial charge in [-0.3, -0.25) is 4.79 Å². The van der Waals surface area contributed by atoms with Gasteiger partial charge in [0, 0.05) is 31.4 Å². The summed E-state index contributed by atoms with van der Waals surface area (Å²) in [5, 5.41) is 0.602. The van der Waals surface area contributed by atoms with Crippen molar-refractivity contribution in [3.05, 3.63) is 0 Å². The second-order valence-corrected chi connectivity index (χ2v) is 7.59. The Kier molecular flexibility index (Phi) is 6.18. The van der Waals surface area contributed by atoms with Crippen molar-refractivity contribution < 1.29 is 9.53 Å². The topological polar surface area (TPSA) is 32.8 Å². The molecule has 20 heavy (non-hydrogen) atoms. The van der Waals surface area contributed by atoms with E-state index in [1.165, 1.54) is 12.8 Å². The molecule has 0 aromatic heterocycles. The first kappa shape index (κ1) is 16.1. The molecule has 3 unspecified atom stereocenters. The Morgan fingerprint density at radius 1 is 1.30 bits per heavy atom. The van der Waals surface area contributed by atoms with Crippen LogP contribution in [0.4, 0.5) is 0 Å². The molecule has 0 spiro atoms. The minimum Gasteiger partial charge on any atom is -0.363 e. The average molecular weight is 300 g/mol. The molecule has 5 heteroatoms. The van der Waals surface area contributed by atoms with Crippen LogP contribution in [-0.4, -0.2) is 72.1 Å². The van der Waals surface area contributed by atoms with Crippen LogP contribution in [0.2, 0.25) is 0 Å². The summed E-state index contributed by atoms with van der Waals surface area (Å²) in [6.45, 7) is 7.69. The lowest BCUT2D eigenvalue weighted by molar-refractivity contribution is -0.155. The van der Waals surface area contributed by atoms with Crippen LogP contribution < -0.4 is 0 Å². The fourth-order valence-corrected chi connectivity index (χ4v) is 4.27. The number of hydrogen-bond donors (Lipinski definition) is 0. The van der Waals surface area contributed by atoms with E-state index in [0.717, 1.165) is 38.4 Å². The van der Waals surface area contributed by atoms with Gasteiger partial charge in [-0.25, -0.2) is 0 Å². The van der Waals surface area contributed by atoms with E-state index in [4.69, 9.17) is 4.74 Å². The third kappa shape index (κ3) is 4.37. The molecule has 0 bridgehead atoms. The predicted octanol–water partition coefficient (Wildman–Crippen LogP) is 1.84. The molecule has 2 aliphatic rings. The highest BCUT2D eigenvalue weighted by atomic mass is 32.2. The largest absolute Gasteiger partial charge is 0.363 e. The zero-order chi connectivity index (χ0) is 14.5. The number of ether oxygens (including phenoxy) is 1. The molecule has 0 aromatic carbocycles. The van der Waals surface area contributed by atoms with Crippen molar-refractivity contribution in [1.82, 2.24) is 9.80 Å². The van der Waals surface area contributed by atoms with Crippen LogP contribution in [0.15, 0.2) is 0 Å². The Balaban J connectivity index is 1.95. The number of hydrogen-bond acceptors (Lipinski definition) is 4. The minimum absolute atomic E-state index is 0.149. The monoisotopic (exact) mass is 300 g/mol. The number of thioether (sulfide) groups is 1. The highest BCUT2D eigenvalue weighted by Crippen LogP contribution is 2.23. The van der Waals surface area contributed by atoms with Crippen LogP contribution in [0.25, 0.3) is 0 Å². The van der Waals surface area contributed by atoms with E-state index in [1.807, 2.05) is 18.7 Å². The van der Waals surface area contributed by atoms with Crippen LogP contribution in [0.1, 0.15) is 33.1 Å². The van der Waals surface area contributed by atoms with Crippen molar-refractivity contribution in [3.63, 3.8) is 0 Å². The van der Waals surface area contributed by atoms with Gasteiger partial charge in [0.15, 0.2) is 0 Å². The molecule has 0 radical (unpaired) electrons. The number of amides is 1. The van der Waals surface area contributed by atoms with E-state index in [0.29, 0.717) is 5.25 Å². The number of likely N-dealkylation sites (tertiary alicyclic amines) is 1. The molecular weight excluding hydrogens is 272 g/mol. The molecule has 2 fully saturated rings. The summed E-state index contributed by atoms with van der Waals surface area (Å²) in [4.78, 5) is 17.0. The molecule has 0 aromatic rings. The summed E-state index contributed by atoms with van der Waals surface area (Å²) in [6, 6.07) is 0. The van der Waals surface area contributed by atoms with Gasteiger partial charge in [-0.15, -0.1) is 0 Å². The molecule has 2 rings (SSSR count). The summed E-state index contributed by atoms with van der Waals surface area (Å²) in [6.07, 6.45) is 3.49. The van der Waals surface area contributed by atoms with Gasteiger partial charge in [-0.2, -0.15) is 11.8 Å². The van der Waals surface area contributed by atoms with E-state index in [2.05, 4.69) is 23.8 Å². The third-order valence-electron chi connectivity index (χ3n) is 4.06. The molecule has 0 N–H and O–H groups in total. The van der Waals surface area contributed by atoms with E-state index in [9.17, 15) is 4.79 Å². The minimum atomic E-state index is -0.269. The highest BCUT2D eigenvalue weighted by molar-refractivity contribution is 7.99. The van der Waals surface area contributed by atoms with Gasteiger partial charge in [0.25, 0.3) is 5.91 Å². The van der Waals surface area contributed by atoms with Gasteiger partial charge in [-0.1, -0.05) is 13.3 Å². The Morgan fingerprint density at radius 2 is 2.10 bits per heavy atom. The lowest BCUT2D eigenvalue weighted by Crippen LogP contribution is -2.53. The molecule has 0 aliphatic carbocycles. The molecule has 0 saturated carbocycles. The number of morpholine rings is 1. The van der Waals surface area contributed by atoms with E-state index in [1.54, 1.807) is 0 Å². The number of nitrogens with zero attached hydrogens (tertiary/aromatic N) is 2. The van der Waals surface area contributed by atoms with E-state index < -0.39 is 0 Å². The summed E-state index contributed by atoms with van der Waals surface area (Å²) in [5.41, 5.74) is 0. The lowest BCUT2D eigenvalue weighted by Gasteiger charge is -2.36. The van der Waals surface area contributed by atoms with Gasteiger partial charge in [-0.05, 0) is 32.6 Å². The number of likely N-dealkylation sites (N-methyl/N-ethyl adjacent to an activating group) is 1. The Labute approximate surface area is 127 Å². The van der Waals surface area contributed by atoms with Crippen LogP contribution in [0, 0.1) is 0 Å². The molecule has 116 valence electrons. The average Bonchev–Trinajstić information content (AvgIpc) is 2.63. The fourth-order valence-electron chi connectivity index (χ4n) is 3.18. The Morgan fingerprint density at radius 3 is 2.80 bits per heavy atom. The van der Waals surface area contributed by atoms with Crippen molar-refractivity contribution in [1.29, 1.82) is 0 Å². The molecule has 1 amide bonds. The van der Waals surface area contributed by atoms with Crippen LogP contribution in [0.3, 0.4) is 0 Å². The van der Waals surface area contributed by atoms with Crippen molar-refractivity contribution in [3.8, 4) is 0 Å². The first-order chi connectivity index (χ1) is 9.60. The smallest absolute Gasteiger partial charge is 0.253 e. The second kappa shape index (κ2) is 7.66. The Bertz CT molecular complexity index is 317. The second-order valence-electron chi connectivity index (χ2n) is 6.01. The maximum atomic E-state index is 12.7. The van der Waals surface area contributed by atoms with Gasteiger partial charge >= 0.3 is 0 Å². The van der Waals surface area contributed by atoms with Gasteiger partial charge in [0.2, 0.25) is 0 Å². The lowest BCUT2D eigenvalue weighted by atomic mass is 10.2. The molecule has 4 nitrogen and oxygen atoms in total.